The lowest BCUT2D eigenvalue weighted by molar-refractivity contribution is 0.313. The van der Waals surface area contributed by atoms with E-state index in [0.29, 0.717) is 28.3 Å². The van der Waals surface area contributed by atoms with Gasteiger partial charge in [0.2, 0.25) is 0 Å². The van der Waals surface area contributed by atoms with E-state index in [1.54, 1.807) is 0 Å². The Morgan fingerprint density at radius 2 is 1.88 bits per heavy atom. The van der Waals surface area contributed by atoms with Crippen LogP contribution in [0.15, 0.2) is 12.1 Å². The summed E-state index contributed by atoms with van der Waals surface area (Å²) >= 11 is 5.17. The Morgan fingerprint density at radius 1 is 1.25 bits per heavy atom. The number of pyridine rings is 1. The van der Waals surface area contributed by atoms with E-state index in [-0.39, 0.29) is 0 Å². The van der Waals surface area contributed by atoms with Gasteiger partial charge < -0.3 is 16.0 Å². The molecule has 1 aromatic heterocycles. The van der Waals surface area contributed by atoms with Crippen LogP contribution in [0.1, 0.15) is 38.3 Å². The molecule has 2 heterocycles. The van der Waals surface area contributed by atoms with Gasteiger partial charge >= 0.3 is 0 Å². The summed E-state index contributed by atoms with van der Waals surface area (Å²) in [6.07, 6.45) is 2.30. The van der Waals surface area contributed by atoms with Crippen LogP contribution in [0.25, 0.3) is 0 Å². The van der Waals surface area contributed by atoms with Crippen LogP contribution in [0.4, 0.5) is 5.69 Å². The Labute approximate surface area is 101 Å². The average Bonchev–Trinajstić information content (AvgIpc) is 2.20. The minimum absolute atomic E-state index is 0.563. The maximum Gasteiger partial charge on any atom is 0.126 e. The molecule has 16 heavy (non-hydrogen) atoms. The van der Waals surface area contributed by atoms with E-state index >= 15 is 0 Å². The van der Waals surface area contributed by atoms with E-state index in [4.69, 9.17) is 18.0 Å². The summed E-state index contributed by atoms with van der Waals surface area (Å²) in [5, 5.41) is 3.54. The topological polar surface area (TPSA) is 53.8 Å². The molecule has 0 saturated carbocycles. The van der Waals surface area contributed by atoms with Crippen LogP contribution < -0.4 is 11.1 Å². The Bertz CT molecular complexity index is 417. The molecule has 0 aliphatic carbocycles. The average molecular weight is 237 g/mol. The molecule has 1 fully saturated rings. The number of piperidine rings is 1. The van der Waals surface area contributed by atoms with Crippen molar-refractivity contribution in [3.05, 3.63) is 22.5 Å². The van der Waals surface area contributed by atoms with Crippen molar-refractivity contribution in [3.8, 4) is 0 Å². The number of hydrogen-bond acceptors (Lipinski definition) is 3. The molecule has 0 spiro atoms. The molecule has 4 heteroatoms. The van der Waals surface area contributed by atoms with Gasteiger partial charge in [0.1, 0.15) is 4.64 Å². The van der Waals surface area contributed by atoms with Gasteiger partial charge in [0.15, 0.2) is 0 Å². The fourth-order valence-corrected chi connectivity index (χ4v) is 2.75. The molecule has 2 atom stereocenters. The number of nitrogens with two attached hydrogens (primary N) is 1. The van der Waals surface area contributed by atoms with E-state index in [2.05, 4.69) is 30.2 Å². The Morgan fingerprint density at radius 3 is 2.44 bits per heavy atom. The molecule has 3 nitrogen and oxygen atoms in total. The lowest BCUT2D eigenvalue weighted by Gasteiger charge is -2.33. The van der Waals surface area contributed by atoms with Crippen molar-refractivity contribution in [3.63, 3.8) is 0 Å². The van der Waals surface area contributed by atoms with Crippen LogP contribution in [-0.2, 0) is 0 Å². The molecule has 1 aliphatic rings. The summed E-state index contributed by atoms with van der Waals surface area (Å²) in [6.45, 7) is 4.46. The van der Waals surface area contributed by atoms with Crippen LogP contribution in [0.3, 0.4) is 0 Å². The third-order valence-corrected chi connectivity index (χ3v) is 3.59. The number of hydrogen-bond donors (Lipinski definition) is 3. The number of rotatable bonds is 1. The van der Waals surface area contributed by atoms with Crippen molar-refractivity contribution in [1.29, 1.82) is 0 Å². The Balaban J connectivity index is 2.23. The quantitative estimate of drug-likeness (QED) is 0.658. The van der Waals surface area contributed by atoms with Gasteiger partial charge in [-0.3, -0.25) is 0 Å². The third-order valence-electron chi connectivity index (χ3n) is 3.25. The normalized spacial score (nSPS) is 30.2. The lowest BCUT2D eigenvalue weighted by atomic mass is 9.86. The van der Waals surface area contributed by atoms with Crippen molar-refractivity contribution < 1.29 is 0 Å². The highest BCUT2D eigenvalue weighted by Crippen LogP contribution is 2.29. The van der Waals surface area contributed by atoms with Crippen molar-refractivity contribution in [2.75, 3.05) is 5.73 Å². The van der Waals surface area contributed by atoms with E-state index in [1.165, 1.54) is 5.69 Å². The highest BCUT2D eigenvalue weighted by atomic mass is 32.1. The standard InChI is InChI=1S/C12H19N3S/c1-7-5-9(6-8(2)14-7)11-4-3-10(13)12(16)15-11/h3-4,7-9,14H,5-6,13H2,1-2H3,(H,15,16). The predicted octanol–water partition coefficient (Wildman–Crippen LogP) is 2.57. The SMILES string of the molecule is CC1CC(c2ccc(N)c(=S)[nH]2)CC(C)N1. The highest BCUT2D eigenvalue weighted by molar-refractivity contribution is 7.71. The summed E-state index contributed by atoms with van der Waals surface area (Å²) in [4.78, 5) is 3.25. The van der Waals surface area contributed by atoms with E-state index in [0.717, 1.165) is 12.8 Å². The van der Waals surface area contributed by atoms with Crippen molar-refractivity contribution >= 4 is 17.9 Å². The molecule has 0 radical (unpaired) electrons. The van der Waals surface area contributed by atoms with Gasteiger partial charge in [-0.15, -0.1) is 0 Å². The number of nitrogen functional groups attached to an aromatic ring is 1. The second-order valence-electron chi connectivity index (χ2n) is 4.84. The maximum absolute atomic E-state index is 5.73. The molecule has 4 N–H and O–H groups in total. The van der Waals surface area contributed by atoms with Crippen LogP contribution >= 0.6 is 12.2 Å². The first kappa shape index (κ1) is 11.6. The summed E-state index contributed by atoms with van der Waals surface area (Å²) in [7, 11) is 0. The molecule has 1 aliphatic heterocycles. The number of anilines is 1. The van der Waals surface area contributed by atoms with Crippen LogP contribution in [0.5, 0.6) is 0 Å². The molecule has 1 aromatic rings. The first-order valence-electron chi connectivity index (χ1n) is 5.81. The van der Waals surface area contributed by atoms with Gasteiger partial charge in [-0.25, -0.2) is 0 Å². The summed E-state index contributed by atoms with van der Waals surface area (Å²) in [5.41, 5.74) is 7.61. The molecular formula is C12H19N3S. The zero-order valence-electron chi connectivity index (χ0n) is 9.79. The molecule has 2 unspecified atom stereocenters. The number of H-pyrrole nitrogens is 1. The van der Waals surface area contributed by atoms with Crippen LogP contribution in [-0.4, -0.2) is 17.1 Å². The fourth-order valence-electron chi connectivity index (χ4n) is 2.56. The van der Waals surface area contributed by atoms with E-state index < -0.39 is 0 Å². The van der Waals surface area contributed by atoms with Gasteiger partial charge in [-0.05, 0) is 38.8 Å². The Kier molecular flexibility index (Phi) is 3.30. The van der Waals surface area contributed by atoms with E-state index in [1.807, 2.05) is 6.07 Å². The van der Waals surface area contributed by atoms with Crippen LogP contribution in [0, 0.1) is 4.64 Å². The number of nitrogens with one attached hydrogen (secondary N) is 2. The molecular weight excluding hydrogens is 218 g/mol. The predicted molar refractivity (Wildman–Crippen MR) is 70.1 cm³/mol. The maximum atomic E-state index is 5.73. The van der Waals surface area contributed by atoms with Gasteiger partial charge in [0.05, 0.1) is 5.69 Å². The zero-order valence-corrected chi connectivity index (χ0v) is 10.6. The highest BCUT2D eigenvalue weighted by Gasteiger charge is 2.24. The van der Waals surface area contributed by atoms with Gasteiger partial charge in [0, 0.05) is 23.7 Å². The summed E-state index contributed by atoms with van der Waals surface area (Å²) in [5.74, 6) is 0.563. The van der Waals surface area contributed by atoms with E-state index in [9.17, 15) is 0 Å². The summed E-state index contributed by atoms with van der Waals surface area (Å²) < 4.78 is 0.663. The molecule has 0 aromatic carbocycles. The number of aromatic nitrogens is 1. The molecule has 2 rings (SSSR count). The smallest absolute Gasteiger partial charge is 0.126 e. The van der Waals surface area contributed by atoms with Gasteiger partial charge in [-0.2, -0.15) is 0 Å². The van der Waals surface area contributed by atoms with Crippen molar-refractivity contribution in [1.82, 2.24) is 10.3 Å². The second-order valence-corrected chi connectivity index (χ2v) is 5.24. The van der Waals surface area contributed by atoms with Gasteiger partial charge in [-0.1, -0.05) is 12.2 Å². The second kappa shape index (κ2) is 4.55. The fraction of sp³-hybridized carbons (Fsp3) is 0.583. The molecule has 88 valence electrons. The van der Waals surface area contributed by atoms with Crippen molar-refractivity contribution in [2.24, 2.45) is 0 Å². The third kappa shape index (κ3) is 2.44. The zero-order chi connectivity index (χ0) is 11.7. The first-order valence-corrected chi connectivity index (χ1v) is 6.22. The van der Waals surface area contributed by atoms with Gasteiger partial charge in [0.25, 0.3) is 0 Å². The van der Waals surface area contributed by atoms with Crippen molar-refractivity contribution in [2.45, 2.75) is 44.7 Å². The monoisotopic (exact) mass is 237 g/mol. The van der Waals surface area contributed by atoms with Crippen LogP contribution in [0.2, 0.25) is 0 Å². The molecule has 1 saturated heterocycles. The minimum Gasteiger partial charge on any atom is -0.396 e. The molecule has 0 amide bonds. The number of aromatic amines is 1. The largest absolute Gasteiger partial charge is 0.396 e. The summed E-state index contributed by atoms with van der Waals surface area (Å²) in [6, 6.07) is 5.10. The Hall–Kier alpha value is -0.870. The first-order chi connectivity index (χ1) is 7.56. The minimum atomic E-state index is 0.563. The lowest BCUT2D eigenvalue weighted by Crippen LogP contribution is -2.41. The molecule has 0 bridgehead atoms.